The zero-order valence-corrected chi connectivity index (χ0v) is 25.3. The molecule has 2 aliphatic rings. The minimum absolute atomic E-state index is 0.0707. The van der Waals surface area contributed by atoms with Gasteiger partial charge in [0.15, 0.2) is 5.65 Å². The number of nitrogens with one attached hydrogen (secondary N) is 3. The molecule has 18 heteroatoms. The van der Waals surface area contributed by atoms with Crippen LogP contribution < -0.4 is 16.0 Å². The van der Waals surface area contributed by atoms with E-state index in [0.717, 1.165) is 0 Å². The van der Waals surface area contributed by atoms with Gasteiger partial charge in [0.1, 0.15) is 5.69 Å². The first kappa shape index (κ1) is 34.5. The summed E-state index contributed by atoms with van der Waals surface area (Å²) in [6.07, 6.45) is -7.68. The van der Waals surface area contributed by atoms with Crippen LogP contribution in [0.3, 0.4) is 0 Å². The Labute approximate surface area is 263 Å². The van der Waals surface area contributed by atoms with E-state index in [1.807, 2.05) is 0 Å². The Morgan fingerprint density at radius 3 is 2.55 bits per heavy atom. The number of rotatable bonds is 10. The molecule has 1 unspecified atom stereocenters. The number of amides is 2. The van der Waals surface area contributed by atoms with Crippen molar-refractivity contribution < 1.29 is 44.7 Å². The van der Waals surface area contributed by atoms with Crippen LogP contribution in [0.15, 0.2) is 24.5 Å². The van der Waals surface area contributed by atoms with Crippen LogP contribution in [-0.2, 0) is 24.3 Å². The van der Waals surface area contributed by atoms with Gasteiger partial charge in [-0.15, -0.1) is 0 Å². The summed E-state index contributed by atoms with van der Waals surface area (Å²) in [5.41, 5.74) is 0.911. The lowest BCUT2D eigenvalue weighted by atomic mass is 9.81. The molecule has 2 fully saturated rings. The van der Waals surface area contributed by atoms with Crippen LogP contribution in [0.4, 0.5) is 35.1 Å². The van der Waals surface area contributed by atoms with Gasteiger partial charge in [0, 0.05) is 51.0 Å². The second-order valence-corrected chi connectivity index (χ2v) is 12.1. The zero-order chi connectivity index (χ0) is 34.1. The summed E-state index contributed by atoms with van der Waals surface area (Å²) in [5.74, 6) is -7.39. The van der Waals surface area contributed by atoms with E-state index < -0.39 is 86.2 Å². The average molecular weight is 679 g/mol. The van der Waals surface area contributed by atoms with Crippen LogP contribution in [0, 0.1) is 17.8 Å². The third kappa shape index (κ3) is 8.37. The molecule has 10 nitrogen and oxygen atoms in total. The molecule has 1 saturated carbocycles. The number of imidazole rings is 1. The van der Waals surface area contributed by atoms with E-state index in [1.54, 1.807) is 6.92 Å². The standard InChI is InChI=1S/C29H34F8N8O2/c1-2-44-22(5-8-40-44)26(47)42-24(16-3-6-27(30,31)7-4-16)21-14-45-23(41-21)11-18(12-38-15-28(32,33)34)20(43-45)10-17-9-19(29(35,36)37)13-39-25(17)46/h5,8,11,14,16-17,19,24,38H,2-4,6-7,9-10,12-13,15H2,1H3,(H,39,46)(H,42,47)/t17-,19-,24?/m1/s1. The minimum atomic E-state index is -4.56. The molecule has 0 radical (unpaired) electrons. The maximum atomic E-state index is 14.1. The van der Waals surface area contributed by atoms with Gasteiger partial charge >= 0.3 is 12.4 Å². The van der Waals surface area contributed by atoms with Gasteiger partial charge in [-0.25, -0.2) is 18.3 Å². The lowest BCUT2D eigenvalue weighted by Crippen LogP contribution is -2.47. The molecular weight excluding hydrogens is 644 g/mol. The lowest BCUT2D eigenvalue weighted by Gasteiger charge is -2.33. The fourth-order valence-electron chi connectivity index (χ4n) is 6.21. The summed E-state index contributed by atoms with van der Waals surface area (Å²) >= 11 is 0. The van der Waals surface area contributed by atoms with Crippen LogP contribution >= 0.6 is 0 Å². The fourth-order valence-corrected chi connectivity index (χ4v) is 6.21. The molecule has 3 aromatic heterocycles. The molecule has 1 aliphatic carbocycles. The van der Waals surface area contributed by atoms with E-state index in [1.165, 1.54) is 33.7 Å². The summed E-state index contributed by atoms with van der Waals surface area (Å²) in [7, 11) is 0. The Morgan fingerprint density at radius 2 is 1.89 bits per heavy atom. The number of halogens is 8. The van der Waals surface area contributed by atoms with Gasteiger partial charge in [0.05, 0.1) is 36.1 Å². The number of hydrogen-bond acceptors (Lipinski definition) is 6. The van der Waals surface area contributed by atoms with Gasteiger partial charge < -0.3 is 16.0 Å². The highest BCUT2D eigenvalue weighted by molar-refractivity contribution is 5.92. The molecule has 0 aromatic carbocycles. The Morgan fingerprint density at radius 1 is 1.17 bits per heavy atom. The Balaban J connectivity index is 1.49. The number of piperidine rings is 1. The predicted octanol–water partition coefficient (Wildman–Crippen LogP) is 4.75. The van der Waals surface area contributed by atoms with E-state index in [4.69, 9.17) is 0 Å². The zero-order valence-electron chi connectivity index (χ0n) is 25.3. The number of nitrogens with zero attached hydrogens (tertiary/aromatic N) is 5. The van der Waals surface area contributed by atoms with Crippen LogP contribution in [0.5, 0.6) is 0 Å². The Bertz CT molecular complexity index is 1570. The first-order valence-electron chi connectivity index (χ1n) is 15.2. The van der Waals surface area contributed by atoms with Crippen molar-refractivity contribution in [2.45, 2.75) is 82.9 Å². The number of alkyl halides is 8. The molecule has 258 valence electrons. The van der Waals surface area contributed by atoms with Gasteiger partial charge in [-0.2, -0.15) is 36.5 Å². The lowest BCUT2D eigenvalue weighted by molar-refractivity contribution is -0.183. The number of carbonyl (C=O) groups is 2. The molecule has 1 saturated heterocycles. The molecule has 0 spiro atoms. The molecule has 3 atom stereocenters. The van der Waals surface area contributed by atoms with Crippen molar-refractivity contribution in [3.63, 3.8) is 0 Å². The molecule has 5 rings (SSSR count). The summed E-state index contributed by atoms with van der Waals surface area (Å²) in [5, 5.41) is 16.0. The first-order chi connectivity index (χ1) is 22.0. The van der Waals surface area contributed by atoms with Crippen LogP contribution in [-0.4, -0.2) is 67.6 Å². The molecule has 47 heavy (non-hydrogen) atoms. The van der Waals surface area contributed by atoms with Crippen molar-refractivity contribution in [1.82, 2.24) is 40.3 Å². The maximum absolute atomic E-state index is 14.1. The van der Waals surface area contributed by atoms with Gasteiger partial charge in [0.2, 0.25) is 11.8 Å². The molecule has 3 aromatic rings. The van der Waals surface area contributed by atoms with Gasteiger partial charge in [-0.05, 0) is 49.8 Å². The maximum Gasteiger partial charge on any atom is 0.401 e. The fraction of sp³-hybridized carbons (Fsp3) is 0.621. The predicted molar refractivity (Wildman–Crippen MR) is 150 cm³/mol. The number of aromatic nitrogens is 5. The summed E-state index contributed by atoms with van der Waals surface area (Å²) < 4.78 is 110. The first-order valence-corrected chi connectivity index (χ1v) is 15.2. The third-order valence-corrected chi connectivity index (χ3v) is 8.73. The van der Waals surface area contributed by atoms with Crippen molar-refractivity contribution in [3.05, 3.63) is 47.2 Å². The topological polar surface area (TPSA) is 118 Å². The van der Waals surface area contributed by atoms with E-state index in [0.29, 0.717) is 6.54 Å². The van der Waals surface area contributed by atoms with Crippen molar-refractivity contribution in [2.75, 3.05) is 13.1 Å². The molecular formula is C29H34F8N8O2. The average Bonchev–Trinajstić information content (AvgIpc) is 3.63. The largest absolute Gasteiger partial charge is 0.401 e. The van der Waals surface area contributed by atoms with Gasteiger partial charge in [-0.1, -0.05) is 0 Å². The number of hydrogen-bond donors (Lipinski definition) is 3. The molecule has 2 amide bonds. The third-order valence-electron chi connectivity index (χ3n) is 8.73. The van der Waals surface area contributed by atoms with Gasteiger partial charge in [-0.3, -0.25) is 14.3 Å². The van der Waals surface area contributed by atoms with Crippen molar-refractivity contribution in [3.8, 4) is 0 Å². The monoisotopic (exact) mass is 678 g/mol. The highest BCUT2D eigenvalue weighted by atomic mass is 19.4. The molecule has 1 aliphatic heterocycles. The van der Waals surface area contributed by atoms with Crippen LogP contribution in [0.25, 0.3) is 5.65 Å². The van der Waals surface area contributed by atoms with Crippen molar-refractivity contribution in [2.24, 2.45) is 17.8 Å². The molecule has 4 heterocycles. The van der Waals surface area contributed by atoms with E-state index in [-0.39, 0.29) is 54.1 Å². The Kier molecular flexibility index (Phi) is 9.80. The van der Waals surface area contributed by atoms with Crippen molar-refractivity contribution in [1.29, 1.82) is 0 Å². The second kappa shape index (κ2) is 13.4. The quantitative estimate of drug-likeness (QED) is 0.267. The summed E-state index contributed by atoms with van der Waals surface area (Å²) in [6, 6.07) is 2.07. The highest BCUT2D eigenvalue weighted by Crippen LogP contribution is 2.41. The molecule has 0 bridgehead atoms. The van der Waals surface area contributed by atoms with Gasteiger partial charge in [0.25, 0.3) is 5.91 Å². The van der Waals surface area contributed by atoms with Crippen LogP contribution in [0.1, 0.15) is 72.5 Å². The molecule has 3 N–H and O–H groups in total. The highest BCUT2D eigenvalue weighted by Gasteiger charge is 2.45. The number of carbonyl (C=O) groups excluding carboxylic acids is 2. The van der Waals surface area contributed by atoms with E-state index >= 15 is 0 Å². The van der Waals surface area contributed by atoms with E-state index in [2.05, 4.69) is 31.1 Å². The summed E-state index contributed by atoms with van der Waals surface area (Å²) in [4.78, 5) is 30.4. The van der Waals surface area contributed by atoms with Crippen molar-refractivity contribution >= 4 is 17.5 Å². The second-order valence-electron chi connectivity index (χ2n) is 12.1. The minimum Gasteiger partial charge on any atom is -0.355 e. The smallest absolute Gasteiger partial charge is 0.355 e. The SMILES string of the molecule is CCn1nccc1C(=O)NC(c1cn2nc(C[C@H]3C[C@@H](C(F)(F)F)CNC3=O)c(CNCC(F)(F)F)cc2n1)C1CCC(F)(F)CC1. The van der Waals surface area contributed by atoms with E-state index in [9.17, 15) is 44.7 Å². The Hall–Kier alpha value is -3.83. The number of aryl methyl sites for hydroxylation is 1. The number of fused-ring (bicyclic) bond motifs is 1. The van der Waals surface area contributed by atoms with Crippen LogP contribution in [0.2, 0.25) is 0 Å². The summed E-state index contributed by atoms with van der Waals surface area (Å²) in [6.45, 7) is -0.125. The normalized spacial score (nSPS) is 21.5.